The Hall–Kier alpha value is -2.36. The highest BCUT2D eigenvalue weighted by molar-refractivity contribution is 5.83. The number of benzene rings is 2. The summed E-state index contributed by atoms with van der Waals surface area (Å²) in [6, 6.07) is 12.6. The smallest absolute Gasteiger partial charge is 0.127 e. The summed E-state index contributed by atoms with van der Waals surface area (Å²) in [4.78, 5) is 0. The van der Waals surface area contributed by atoms with E-state index in [0.29, 0.717) is 0 Å². The van der Waals surface area contributed by atoms with Crippen molar-refractivity contribution in [1.82, 2.24) is 0 Å². The van der Waals surface area contributed by atoms with Gasteiger partial charge in [-0.1, -0.05) is 32.0 Å². The molecule has 4 rings (SSSR count). The van der Waals surface area contributed by atoms with Crippen LogP contribution in [0.15, 0.2) is 36.4 Å². The fourth-order valence-electron chi connectivity index (χ4n) is 3.36. The van der Waals surface area contributed by atoms with Crippen LogP contribution in [0, 0.1) is 0 Å². The number of ether oxygens (including phenoxy) is 1. The molecule has 4 nitrogen and oxygen atoms in total. The number of rotatable bonds is 2. The molecule has 2 aromatic carbocycles. The average Bonchev–Trinajstić information content (AvgIpc) is 3.06. The Balaban J connectivity index is 1.70. The van der Waals surface area contributed by atoms with Crippen molar-refractivity contribution in [3.8, 4) is 5.75 Å². The Labute approximate surface area is 130 Å². The van der Waals surface area contributed by atoms with E-state index in [-0.39, 0.29) is 11.6 Å². The zero-order valence-corrected chi connectivity index (χ0v) is 13.2. The average molecular weight is 295 g/mol. The quantitative estimate of drug-likeness (QED) is 0.785. The van der Waals surface area contributed by atoms with Gasteiger partial charge in [0.2, 0.25) is 0 Å². The monoisotopic (exact) mass is 295 g/mol. The molecule has 3 N–H and O–H groups in total. The molecule has 0 fully saturated rings. The zero-order valence-electron chi connectivity index (χ0n) is 13.2. The number of anilines is 3. The van der Waals surface area contributed by atoms with Crippen LogP contribution in [-0.4, -0.2) is 13.7 Å². The molecule has 1 atom stereocenters. The maximum absolute atomic E-state index is 5.48. The van der Waals surface area contributed by atoms with Gasteiger partial charge < -0.3 is 20.7 Å². The number of para-hydroxylation sites is 1. The molecule has 0 aromatic heterocycles. The van der Waals surface area contributed by atoms with E-state index in [4.69, 9.17) is 4.74 Å². The third kappa shape index (κ3) is 1.90. The Kier molecular flexibility index (Phi) is 2.76. The van der Waals surface area contributed by atoms with Crippen molar-refractivity contribution < 1.29 is 4.74 Å². The Morgan fingerprint density at radius 2 is 1.77 bits per heavy atom. The van der Waals surface area contributed by atoms with Crippen molar-refractivity contribution in [2.75, 3.05) is 29.6 Å². The Morgan fingerprint density at radius 1 is 1.05 bits per heavy atom. The van der Waals surface area contributed by atoms with Crippen molar-refractivity contribution in [2.24, 2.45) is 0 Å². The van der Waals surface area contributed by atoms with Gasteiger partial charge in [0, 0.05) is 23.2 Å². The number of hydrogen-bond acceptors (Lipinski definition) is 4. The van der Waals surface area contributed by atoms with Gasteiger partial charge in [-0.25, -0.2) is 0 Å². The van der Waals surface area contributed by atoms with Crippen LogP contribution in [0.1, 0.15) is 31.1 Å². The second-order valence-electron chi connectivity index (χ2n) is 6.64. The normalized spacial score (nSPS) is 20.4. The fourth-order valence-corrected chi connectivity index (χ4v) is 3.36. The van der Waals surface area contributed by atoms with E-state index in [1.165, 1.54) is 11.3 Å². The van der Waals surface area contributed by atoms with Gasteiger partial charge in [-0.05, 0) is 23.8 Å². The van der Waals surface area contributed by atoms with Crippen molar-refractivity contribution in [2.45, 2.75) is 25.4 Å². The van der Waals surface area contributed by atoms with Crippen LogP contribution in [0.2, 0.25) is 0 Å². The standard InChI is InChI=1S/C18H21N3O/c1-18(2)10-19-13-9-15-14(8-12(13)18)20-17(21-15)11-6-4-5-7-16(11)22-3/h4-9,17,19-21H,10H2,1-3H3. The molecule has 0 bridgehead atoms. The highest BCUT2D eigenvalue weighted by atomic mass is 16.5. The van der Waals surface area contributed by atoms with E-state index in [9.17, 15) is 0 Å². The van der Waals surface area contributed by atoms with Gasteiger partial charge in [0.15, 0.2) is 0 Å². The minimum atomic E-state index is 0.0387. The summed E-state index contributed by atoms with van der Waals surface area (Å²) >= 11 is 0. The van der Waals surface area contributed by atoms with E-state index >= 15 is 0 Å². The molecule has 4 heteroatoms. The summed E-state index contributed by atoms with van der Waals surface area (Å²) < 4.78 is 5.48. The lowest BCUT2D eigenvalue weighted by atomic mass is 9.86. The minimum Gasteiger partial charge on any atom is -0.496 e. The van der Waals surface area contributed by atoms with Gasteiger partial charge >= 0.3 is 0 Å². The lowest BCUT2D eigenvalue weighted by Gasteiger charge is -2.18. The molecule has 0 spiro atoms. The highest BCUT2D eigenvalue weighted by Gasteiger charge is 2.33. The SMILES string of the molecule is COc1ccccc1C1Nc2cc3c(cc2N1)C(C)(C)CN3. The summed E-state index contributed by atoms with van der Waals surface area (Å²) in [6.45, 7) is 5.54. The van der Waals surface area contributed by atoms with E-state index < -0.39 is 0 Å². The molecule has 0 amide bonds. The number of nitrogens with one attached hydrogen (secondary N) is 3. The van der Waals surface area contributed by atoms with Crippen LogP contribution >= 0.6 is 0 Å². The number of fused-ring (bicyclic) bond motifs is 2. The van der Waals surface area contributed by atoms with Crippen LogP contribution in [0.3, 0.4) is 0 Å². The maximum Gasteiger partial charge on any atom is 0.127 e. The molecule has 2 aliphatic heterocycles. The molecule has 0 saturated carbocycles. The molecule has 114 valence electrons. The lowest BCUT2D eigenvalue weighted by Crippen LogP contribution is -2.19. The zero-order chi connectivity index (χ0) is 15.3. The second kappa shape index (κ2) is 4.57. The minimum absolute atomic E-state index is 0.0387. The maximum atomic E-state index is 5.48. The van der Waals surface area contributed by atoms with Gasteiger partial charge in [0.1, 0.15) is 11.9 Å². The molecule has 1 unspecified atom stereocenters. The first-order chi connectivity index (χ1) is 10.6. The highest BCUT2D eigenvalue weighted by Crippen LogP contribution is 2.45. The van der Waals surface area contributed by atoms with E-state index in [2.05, 4.69) is 48.0 Å². The summed E-state index contributed by atoms with van der Waals surface area (Å²) in [5, 5.41) is 10.6. The summed E-state index contributed by atoms with van der Waals surface area (Å²) in [7, 11) is 1.71. The second-order valence-corrected chi connectivity index (χ2v) is 6.64. The van der Waals surface area contributed by atoms with Crippen molar-refractivity contribution >= 4 is 17.1 Å². The van der Waals surface area contributed by atoms with E-state index in [0.717, 1.165) is 29.2 Å². The lowest BCUT2D eigenvalue weighted by molar-refractivity contribution is 0.408. The Bertz CT molecular complexity index is 739. The molecule has 0 saturated heterocycles. The number of methoxy groups -OCH3 is 1. The van der Waals surface area contributed by atoms with Crippen LogP contribution in [0.25, 0.3) is 0 Å². The van der Waals surface area contributed by atoms with Gasteiger partial charge in [-0.3, -0.25) is 0 Å². The van der Waals surface area contributed by atoms with Crippen molar-refractivity contribution in [1.29, 1.82) is 0 Å². The molecule has 0 aliphatic carbocycles. The molecule has 2 aliphatic rings. The van der Waals surface area contributed by atoms with Crippen LogP contribution < -0.4 is 20.7 Å². The summed E-state index contributed by atoms with van der Waals surface area (Å²) in [5.74, 6) is 0.895. The first-order valence-corrected chi connectivity index (χ1v) is 7.67. The van der Waals surface area contributed by atoms with Gasteiger partial charge in [0.05, 0.1) is 18.5 Å². The molecular formula is C18H21N3O. The molecule has 22 heavy (non-hydrogen) atoms. The first kappa shape index (κ1) is 13.3. The molecule has 2 aromatic rings. The van der Waals surface area contributed by atoms with Crippen LogP contribution in [-0.2, 0) is 5.41 Å². The van der Waals surface area contributed by atoms with Gasteiger partial charge in [-0.15, -0.1) is 0 Å². The van der Waals surface area contributed by atoms with Crippen LogP contribution in [0.5, 0.6) is 5.75 Å². The largest absolute Gasteiger partial charge is 0.496 e. The Morgan fingerprint density at radius 3 is 2.55 bits per heavy atom. The van der Waals surface area contributed by atoms with Crippen molar-refractivity contribution in [3.63, 3.8) is 0 Å². The predicted octanol–water partition coefficient (Wildman–Crippen LogP) is 3.93. The molecular weight excluding hydrogens is 274 g/mol. The van der Waals surface area contributed by atoms with Gasteiger partial charge in [0.25, 0.3) is 0 Å². The van der Waals surface area contributed by atoms with E-state index in [1.807, 2.05) is 18.2 Å². The van der Waals surface area contributed by atoms with Crippen LogP contribution in [0.4, 0.5) is 17.1 Å². The fraction of sp³-hybridized carbons (Fsp3) is 0.333. The van der Waals surface area contributed by atoms with Crippen molar-refractivity contribution in [3.05, 3.63) is 47.5 Å². The predicted molar refractivity (Wildman–Crippen MR) is 90.9 cm³/mol. The summed E-state index contributed by atoms with van der Waals surface area (Å²) in [6.07, 6.45) is 0.0387. The van der Waals surface area contributed by atoms with Gasteiger partial charge in [-0.2, -0.15) is 0 Å². The number of hydrogen-bond donors (Lipinski definition) is 3. The third-order valence-corrected chi connectivity index (χ3v) is 4.66. The first-order valence-electron chi connectivity index (χ1n) is 7.67. The molecule has 0 radical (unpaired) electrons. The molecule has 2 heterocycles. The van der Waals surface area contributed by atoms with E-state index in [1.54, 1.807) is 7.11 Å². The topological polar surface area (TPSA) is 45.3 Å². The third-order valence-electron chi connectivity index (χ3n) is 4.66. The summed E-state index contributed by atoms with van der Waals surface area (Å²) in [5.41, 5.74) is 6.20.